The van der Waals surface area contributed by atoms with Crippen molar-refractivity contribution < 1.29 is 19.1 Å². The first kappa shape index (κ1) is 24.6. The zero-order valence-corrected chi connectivity index (χ0v) is 20.1. The zero-order valence-electron chi connectivity index (χ0n) is 18.6. The number of esters is 1. The Morgan fingerprint density at radius 1 is 1.15 bits per heavy atom. The van der Waals surface area contributed by atoms with Gasteiger partial charge in [-0.15, -0.1) is 0 Å². The number of hydrogen-bond acceptors (Lipinski definition) is 4. The Morgan fingerprint density at radius 3 is 2.58 bits per heavy atom. The zero-order chi connectivity index (χ0) is 24.1. The van der Waals surface area contributed by atoms with Gasteiger partial charge >= 0.3 is 12.0 Å². The molecule has 2 aromatic rings. The lowest BCUT2D eigenvalue weighted by Gasteiger charge is -2.35. The van der Waals surface area contributed by atoms with Gasteiger partial charge in [0, 0.05) is 23.0 Å². The van der Waals surface area contributed by atoms with Crippen molar-refractivity contribution in [1.29, 1.82) is 0 Å². The quantitative estimate of drug-likeness (QED) is 0.498. The van der Waals surface area contributed by atoms with Crippen molar-refractivity contribution in [2.75, 3.05) is 18.5 Å². The number of nitrogens with one attached hydrogen (secondary N) is 2. The number of amides is 3. The van der Waals surface area contributed by atoms with Crippen molar-refractivity contribution in [3.8, 4) is 0 Å². The molecule has 2 N–H and O–H groups in total. The van der Waals surface area contributed by atoms with E-state index in [4.69, 9.17) is 27.9 Å². The minimum absolute atomic E-state index is 0.210. The average molecular weight is 490 g/mol. The number of benzene rings is 2. The van der Waals surface area contributed by atoms with Gasteiger partial charge in [0.05, 0.1) is 28.8 Å². The maximum atomic E-state index is 12.8. The molecule has 1 aliphatic heterocycles. The third-order valence-electron chi connectivity index (χ3n) is 5.19. The topological polar surface area (TPSA) is 87.7 Å². The summed E-state index contributed by atoms with van der Waals surface area (Å²) in [6, 6.07) is 10.5. The Labute approximate surface area is 202 Å². The van der Waals surface area contributed by atoms with Crippen molar-refractivity contribution in [1.82, 2.24) is 10.2 Å². The molecule has 2 aromatic carbocycles. The number of hydrogen-bond donors (Lipinski definition) is 2. The highest BCUT2D eigenvalue weighted by Crippen LogP contribution is 2.32. The van der Waals surface area contributed by atoms with Crippen LogP contribution in [-0.2, 0) is 9.53 Å². The van der Waals surface area contributed by atoms with Crippen molar-refractivity contribution in [2.45, 2.75) is 33.2 Å². The molecule has 1 aliphatic rings. The van der Waals surface area contributed by atoms with Crippen LogP contribution in [0.25, 0.3) is 0 Å². The van der Waals surface area contributed by atoms with E-state index in [0.717, 1.165) is 6.42 Å². The molecule has 9 heteroatoms. The first-order chi connectivity index (χ1) is 15.8. The van der Waals surface area contributed by atoms with E-state index in [-0.39, 0.29) is 23.2 Å². The van der Waals surface area contributed by atoms with Crippen molar-refractivity contribution >= 4 is 46.8 Å². The van der Waals surface area contributed by atoms with Crippen molar-refractivity contribution in [2.24, 2.45) is 0 Å². The smallest absolute Gasteiger partial charge is 0.338 e. The van der Waals surface area contributed by atoms with Crippen LogP contribution in [0, 0.1) is 0 Å². The Hall–Kier alpha value is -3.03. The van der Waals surface area contributed by atoms with E-state index in [0.29, 0.717) is 34.1 Å². The second-order valence-electron chi connectivity index (χ2n) is 7.46. The van der Waals surface area contributed by atoms with Gasteiger partial charge in [-0.05, 0) is 56.2 Å². The van der Waals surface area contributed by atoms with E-state index in [1.54, 1.807) is 50.2 Å². The highest BCUT2D eigenvalue weighted by Gasteiger charge is 2.36. The third kappa shape index (κ3) is 5.49. The van der Waals surface area contributed by atoms with Gasteiger partial charge in [0.2, 0.25) is 0 Å². The first-order valence-electron chi connectivity index (χ1n) is 10.6. The number of urea groups is 1. The van der Waals surface area contributed by atoms with Gasteiger partial charge < -0.3 is 15.4 Å². The van der Waals surface area contributed by atoms with Crippen molar-refractivity contribution in [3.05, 3.63) is 74.9 Å². The van der Waals surface area contributed by atoms with E-state index in [2.05, 4.69) is 10.6 Å². The summed E-state index contributed by atoms with van der Waals surface area (Å²) in [4.78, 5) is 39.8. The van der Waals surface area contributed by atoms with Gasteiger partial charge in [-0.3, -0.25) is 9.69 Å². The van der Waals surface area contributed by atoms with Gasteiger partial charge in [-0.2, -0.15) is 0 Å². The number of carbonyl (C=O) groups excluding carboxylic acids is 3. The second kappa shape index (κ2) is 10.7. The Kier molecular flexibility index (Phi) is 8.00. The molecular weight excluding hydrogens is 465 g/mol. The second-order valence-corrected chi connectivity index (χ2v) is 8.30. The maximum Gasteiger partial charge on any atom is 0.338 e. The summed E-state index contributed by atoms with van der Waals surface area (Å²) in [6.07, 6.45) is 0.736. The Morgan fingerprint density at radius 2 is 1.91 bits per heavy atom. The van der Waals surface area contributed by atoms with Crippen LogP contribution in [0.3, 0.4) is 0 Å². The summed E-state index contributed by atoms with van der Waals surface area (Å²) < 4.78 is 5.27. The van der Waals surface area contributed by atoms with E-state index >= 15 is 0 Å². The Bertz CT molecular complexity index is 1120. The molecule has 3 rings (SSSR count). The molecule has 1 heterocycles. The predicted molar refractivity (Wildman–Crippen MR) is 128 cm³/mol. The first-order valence-corrected chi connectivity index (χ1v) is 11.3. The van der Waals surface area contributed by atoms with Crippen LogP contribution in [0.4, 0.5) is 10.5 Å². The van der Waals surface area contributed by atoms with Crippen LogP contribution in [0.5, 0.6) is 0 Å². The summed E-state index contributed by atoms with van der Waals surface area (Å²) in [5.74, 6) is -0.906. The summed E-state index contributed by atoms with van der Waals surface area (Å²) in [7, 11) is 0. The molecule has 3 amide bonds. The van der Waals surface area contributed by atoms with Crippen LogP contribution in [0.1, 0.15) is 49.2 Å². The molecule has 0 aliphatic carbocycles. The molecular formula is C24H25Cl2N3O4. The van der Waals surface area contributed by atoms with Gasteiger partial charge in [0.15, 0.2) is 0 Å². The summed E-state index contributed by atoms with van der Waals surface area (Å²) >= 11 is 12.1. The molecule has 0 aromatic heterocycles. The lowest BCUT2D eigenvalue weighted by atomic mass is 9.94. The van der Waals surface area contributed by atoms with Crippen LogP contribution in [0.2, 0.25) is 10.0 Å². The van der Waals surface area contributed by atoms with Crippen LogP contribution >= 0.6 is 23.2 Å². The molecule has 1 unspecified atom stereocenters. The van der Waals surface area contributed by atoms with Gasteiger partial charge in [0.1, 0.15) is 0 Å². The largest absolute Gasteiger partial charge is 0.463 e. The fourth-order valence-electron chi connectivity index (χ4n) is 3.67. The fraction of sp³-hybridized carbons (Fsp3) is 0.292. The van der Waals surface area contributed by atoms with Crippen LogP contribution in [0.15, 0.2) is 53.7 Å². The molecule has 174 valence electrons. The van der Waals surface area contributed by atoms with Crippen LogP contribution < -0.4 is 10.6 Å². The Balaban J connectivity index is 1.94. The molecule has 33 heavy (non-hydrogen) atoms. The summed E-state index contributed by atoms with van der Waals surface area (Å²) in [5, 5.41) is 6.35. The number of nitrogens with zero attached hydrogens (tertiary/aromatic N) is 1. The predicted octanol–water partition coefficient (Wildman–Crippen LogP) is 5.56. The lowest BCUT2D eigenvalue weighted by Crippen LogP contribution is -2.48. The van der Waals surface area contributed by atoms with Gasteiger partial charge in [-0.25, -0.2) is 9.59 Å². The molecule has 0 saturated heterocycles. The van der Waals surface area contributed by atoms with Gasteiger partial charge in [-0.1, -0.05) is 42.3 Å². The molecule has 0 radical (unpaired) electrons. The number of carbonyl (C=O) groups is 3. The molecule has 1 atom stereocenters. The standard InChI is InChI=1S/C24H25Cl2N3O4/c1-4-11-29-14(3)20(23(31)33-5-2)21(28-24(29)32)15-7-6-8-17(12-15)27-22(30)18-10-9-16(25)13-19(18)26/h6-10,12-13,21H,4-5,11H2,1-3H3,(H,27,30)(H,28,32). The highest BCUT2D eigenvalue weighted by molar-refractivity contribution is 6.37. The SMILES string of the molecule is CCCN1C(=O)NC(c2cccc(NC(=O)c3ccc(Cl)cc3Cl)c2)C(C(=O)OCC)=C1C. The van der Waals surface area contributed by atoms with Gasteiger partial charge in [0.25, 0.3) is 5.91 Å². The number of anilines is 1. The monoisotopic (exact) mass is 489 g/mol. The van der Waals surface area contributed by atoms with Crippen molar-refractivity contribution in [3.63, 3.8) is 0 Å². The number of rotatable bonds is 7. The van der Waals surface area contributed by atoms with E-state index in [1.165, 1.54) is 11.0 Å². The number of halogens is 2. The molecule has 0 bridgehead atoms. The summed E-state index contributed by atoms with van der Waals surface area (Å²) in [5.41, 5.74) is 2.28. The molecule has 7 nitrogen and oxygen atoms in total. The normalized spacial score (nSPS) is 15.8. The average Bonchev–Trinajstić information content (AvgIpc) is 2.76. The molecule has 0 saturated carbocycles. The lowest BCUT2D eigenvalue weighted by molar-refractivity contribution is -0.139. The molecule has 0 fully saturated rings. The third-order valence-corrected chi connectivity index (χ3v) is 5.74. The van der Waals surface area contributed by atoms with Crippen LogP contribution in [-0.4, -0.2) is 36.0 Å². The number of ether oxygens (including phenoxy) is 1. The molecule has 0 spiro atoms. The maximum absolute atomic E-state index is 12.8. The minimum atomic E-state index is -0.722. The summed E-state index contributed by atoms with van der Waals surface area (Å²) in [6.45, 7) is 6.11. The van der Waals surface area contributed by atoms with E-state index < -0.39 is 17.9 Å². The highest BCUT2D eigenvalue weighted by atomic mass is 35.5. The number of allylic oxidation sites excluding steroid dienone is 1. The van der Waals surface area contributed by atoms with E-state index in [9.17, 15) is 14.4 Å². The van der Waals surface area contributed by atoms with E-state index in [1.807, 2.05) is 6.92 Å². The minimum Gasteiger partial charge on any atom is -0.463 e. The fourth-order valence-corrected chi connectivity index (χ4v) is 4.16.